The number of aliphatic hydroxyl groups excluding tert-OH is 3. The number of rotatable bonds is 10. The van der Waals surface area contributed by atoms with Crippen molar-refractivity contribution < 1.29 is 48.3 Å². The van der Waals surface area contributed by atoms with Gasteiger partial charge in [-0.3, -0.25) is 4.79 Å². The van der Waals surface area contributed by atoms with E-state index < -0.39 is 47.9 Å². The fourth-order valence-electron chi connectivity index (χ4n) is 15.2. The molecule has 0 saturated heterocycles. The quantitative estimate of drug-likeness (QED) is 0.0528. The second-order valence-corrected chi connectivity index (χ2v) is 23.4. The van der Waals surface area contributed by atoms with E-state index in [0.717, 1.165) is 56.1 Å². The lowest BCUT2D eigenvalue weighted by molar-refractivity contribution is -0.201. The summed E-state index contributed by atoms with van der Waals surface area (Å²) in [6.45, 7) is 2.66. The smallest absolute Gasteiger partial charge is 0.340 e. The summed E-state index contributed by atoms with van der Waals surface area (Å²) in [5, 5.41) is 32.1. The Labute approximate surface area is 452 Å². The van der Waals surface area contributed by atoms with Gasteiger partial charge in [0, 0.05) is 65.7 Å². The first-order chi connectivity index (χ1) is 37.5. The number of aryl methyl sites for hydroxylation is 2. The number of aliphatic hydroxyl groups is 3. The molecule has 4 aromatic carbocycles. The summed E-state index contributed by atoms with van der Waals surface area (Å²) in [4.78, 5) is 45.0. The van der Waals surface area contributed by atoms with Gasteiger partial charge in [-0.2, -0.15) is 0 Å². The highest BCUT2D eigenvalue weighted by molar-refractivity contribution is 5.90. The lowest BCUT2D eigenvalue weighted by Gasteiger charge is -2.50. The molecule has 11 nitrogen and oxygen atoms in total. The number of allylic oxidation sites excluding steroid dienone is 2. The first kappa shape index (κ1) is 53.2. The Hall–Kier alpha value is -5.85. The summed E-state index contributed by atoms with van der Waals surface area (Å²) >= 11 is 0. The number of carbonyl (C=O) groups excluding carboxylic acids is 2. The SMILES string of the molecule is COCC(CCO)c1c(CO)c2ccc3c(c2oc1=O)C1OC(=O)CC2CC(c4cccc(C56CCCCC5CCc5ccccc56)c4)C=CC2c2ccc(cc2)CCC(=C(C)CO)C(=O)OC1C(C)(C1CCCCC1)O3. The average Bonchev–Trinajstić information content (AvgIpc) is 3.61. The maximum atomic E-state index is 15.5. The molecule has 2 saturated carbocycles. The molecule has 9 atom stereocenters. The third kappa shape index (κ3) is 9.82. The van der Waals surface area contributed by atoms with Crippen LogP contribution >= 0.6 is 0 Å². The van der Waals surface area contributed by atoms with Crippen LogP contribution in [0, 0.1) is 17.8 Å². The Morgan fingerprint density at radius 2 is 1.60 bits per heavy atom. The van der Waals surface area contributed by atoms with Gasteiger partial charge in [0.05, 0.1) is 25.4 Å². The first-order valence-electron chi connectivity index (χ1n) is 28.7. The van der Waals surface area contributed by atoms with E-state index in [2.05, 4.69) is 84.9 Å². The molecule has 0 amide bonds. The molecule has 11 heteroatoms. The molecule has 1 aromatic heterocycles. The number of hydrogen-bond acceptors (Lipinski definition) is 11. The molecule has 12 rings (SSSR count). The van der Waals surface area contributed by atoms with Crippen LogP contribution in [0.4, 0.5) is 0 Å². The number of benzene rings is 4. The first-order valence-corrected chi connectivity index (χ1v) is 28.7. The van der Waals surface area contributed by atoms with E-state index in [0.29, 0.717) is 46.6 Å². The minimum atomic E-state index is -1.31. The Morgan fingerprint density at radius 1 is 0.805 bits per heavy atom. The molecule has 9 unspecified atom stereocenters. The Kier molecular flexibility index (Phi) is 15.5. The molecular weight excluding hydrogens is 969 g/mol. The van der Waals surface area contributed by atoms with Crippen LogP contribution in [0.3, 0.4) is 0 Å². The highest BCUT2D eigenvalue weighted by Crippen LogP contribution is 2.56. The van der Waals surface area contributed by atoms with Gasteiger partial charge in [-0.25, -0.2) is 9.59 Å². The molecule has 5 aromatic rings. The fourth-order valence-corrected chi connectivity index (χ4v) is 15.2. The third-order valence-corrected chi connectivity index (χ3v) is 19.2. The van der Waals surface area contributed by atoms with Crippen molar-refractivity contribution in [3.8, 4) is 5.75 Å². The van der Waals surface area contributed by atoms with Crippen molar-refractivity contribution in [2.45, 2.75) is 164 Å². The lowest BCUT2D eigenvalue weighted by atomic mass is 9.54. The van der Waals surface area contributed by atoms with E-state index in [1.165, 1.54) is 55.0 Å². The van der Waals surface area contributed by atoms with Crippen LogP contribution in [0.5, 0.6) is 5.75 Å². The van der Waals surface area contributed by atoms with Gasteiger partial charge in [0.2, 0.25) is 0 Å². The highest BCUT2D eigenvalue weighted by Gasteiger charge is 2.57. The highest BCUT2D eigenvalue weighted by atomic mass is 16.6. The van der Waals surface area contributed by atoms with Gasteiger partial charge < -0.3 is 38.7 Å². The molecule has 406 valence electrons. The van der Waals surface area contributed by atoms with Crippen LogP contribution in [0.2, 0.25) is 0 Å². The van der Waals surface area contributed by atoms with Crippen LogP contribution in [0.25, 0.3) is 11.0 Å². The minimum Gasteiger partial charge on any atom is -0.483 e. The number of carbonyl (C=O) groups is 2. The van der Waals surface area contributed by atoms with Gasteiger partial charge in [-0.1, -0.05) is 117 Å². The molecular formula is C66H76O11. The van der Waals surface area contributed by atoms with Gasteiger partial charge in [0.15, 0.2) is 12.2 Å². The number of methoxy groups -OCH3 is 1. The van der Waals surface area contributed by atoms with Crippen LogP contribution < -0.4 is 10.4 Å². The van der Waals surface area contributed by atoms with Crippen molar-refractivity contribution >= 4 is 22.9 Å². The van der Waals surface area contributed by atoms with Gasteiger partial charge >= 0.3 is 17.6 Å². The summed E-state index contributed by atoms with van der Waals surface area (Å²) < 4.78 is 32.8. The molecule has 3 aliphatic heterocycles. The zero-order valence-corrected chi connectivity index (χ0v) is 45.1. The minimum absolute atomic E-state index is 0.0234. The summed E-state index contributed by atoms with van der Waals surface area (Å²) in [5.74, 6) is -1.22. The zero-order valence-electron chi connectivity index (χ0n) is 45.1. The van der Waals surface area contributed by atoms with Crippen LogP contribution in [0.1, 0.15) is 178 Å². The van der Waals surface area contributed by atoms with E-state index in [-0.39, 0.29) is 84.9 Å². The molecule has 0 spiro atoms. The summed E-state index contributed by atoms with van der Waals surface area (Å²) in [5.41, 5.74) is 7.30. The molecule has 7 aliphatic rings. The van der Waals surface area contributed by atoms with Gasteiger partial charge in [0.1, 0.15) is 16.9 Å². The van der Waals surface area contributed by atoms with Gasteiger partial charge in [0.25, 0.3) is 0 Å². The fraction of sp³-hybridized carbons (Fsp3) is 0.500. The predicted octanol–water partition coefficient (Wildman–Crippen LogP) is 11.8. The lowest BCUT2D eigenvalue weighted by Crippen LogP contribution is -2.58. The molecule has 2 bridgehead atoms. The van der Waals surface area contributed by atoms with Crippen molar-refractivity contribution in [1.29, 1.82) is 0 Å². The van der Waals surface area contributed by atoms with Gasteiger partial charge in [-0.05, 0) is 147 Å². The largest absolute Gasteiger partial charge is 0.483 e. The average molecular weight is 1050 g/mol. The second kappa shape index (κ2) is 22.5. The standard InChI is InChI=1S/C66H76O11/c1-40(37-68)51-27-21-41-19-22-42(23-20-41)52-28-25-45(44-13-11-17-50(35-44)66-32-10-9-16-49(66)26-24-43-12-7-8-18-55(43)66)34-47(52)36-57(70)74-61-59-56(77-65(2,62(61)76-63(51)71)48-14-5-4-6-15-48)30-29-53-54(38-69)58(64(72)75-60(53)59)46(31-33-67)39-73-3/h7-8,11-13,17-20,22-23,25,28-30,35,45-49,52,61-62,67-69H,4-6,9-10,14-16,21,24,26-27,31-34,36-39H2,1-3H3. The van der Waals surface area contributed by atoms with Crippen LogP contribution in [0.15, 0.2) is 117 Å². The van der Waals surface area contributed by atoms with Crippen LogP contribution in [-0.4, -0.2) is 65.9 Å². The molecule has 3 N–H and O–H groups in total. The maximum Gasteiger partial charge on any atom is 0.340 e. The normalized spacial score (nSPS) is 28.7. The van der Waals surface area contributed by atoms with Crippen molar-refractivity contribution in [3.63, 3.8) is 0 Å². The van der Waals surface area contributed by atoms with Gasteiger partial charge in [-0.15, -0.1) is 0 Å². The predicted molar refractivity (Wildman–Crippen MR) is 295 cm³/mol. The molecule has 4 heterocycles. The molecule has 77 heavy (non-hydrogen) atoms. The molecule has 0 radical (unpaired) electrons. The van der Waals surface area contributed by atoms with E-state index in [4.69, 9.17) is 23.4 Å². The maximum absolute atomic E-state index is 15.5. The Balaban J connectivity index is 1.04. The van der Waals surface area contributed by atoms with E-state index in [1.807, 2.05) is 6.92 Å². The molecule has 2 fully saturated rings. The number of ether oxygens (including phenoxy) is 4. The topological polar surface area (TPSA) is 162 Å². The Bertz CT molecular complexity index is 3100. The summed E-state index contributed by atoms with van der Waals surface area (Å²) in [7, 11) is 1.51. The number of esters is 2. The Morgan fingerprint density at radius 3 is 2.38 bits per heavy atom. The van der Waals surface area contributed by atoms with E-state index in [9.17, 15) is 20.1 Å². The van der Waals surface area contributed by atoms with Crippen molar-refractivity contribution in [1.82, 2.24) is 0 Å². The second-order valence-electron chi connectivity index (χ2n) is 23.4. The van der Waals surface area contributed by atoms with Crippen molar-refractivity contribution in [2.24, 2.45) is 17.8 Å². The summed E-state index contributed by atoms with van der Waals surface area (Å²) in [6, 6.07) is 30.4. The number of hydrogen-bond donors (Lipinski definition) is 3. The summed E-state index contributed by atoms with van der Waals surface area (Å²) in [6.07, 6.45) is 15.5. The zero-order chi connectivity index (χ0) is 53.4. The molecule has 4 aliphatic carbocycles. The van der Waals surface area contributed by atoms with Crippen molar-refractivity contribution in [3.05, 3.63) is 169 Å². The monoisotopic (exact) mass is 1040 g/mol. The number of fused-ring (bicyclic) bond motifs is 14. The van der Waals surface area contributed by atoms with Crippen molar-refractivity contribution in [2.75, 3.05) is 26.9 Å². The van der Waals surface area contributed by atoms with E-state index >= 15 is 9.59 Å². The van der Waals surface area contributed by atoms with E-state index in [1.54, 1.807) is 19.1 Å². The third-order valence-electron chi connectivity index (χ3n) is 19.2. The van der Waals surface area contributed by atoms with Crippen LogP contribution in [-0.2, 0) is 48.7 Å².